The van der Waals surface area contributed by atoms with Crippen LogP contribution in [0.5, 0.6) is 0 Å². The van der Waals surface area contributed by atoms with Crippen molar-refractivity contribution in [3.8, 4) is 0 Å². The molecule has 0 aliphatic carbocycles. The number of nitrogens with zero attached hydrogens (tertiary/aromatic N) is 1. The SMILES string of the molecule is C[C@@H](O)CNCc1ccc([N+](=O)[O-])o1. The maximum atomic E-state index is 10.2. The molecular weight excluding hydrogens is 188 g/mol. The van der Waals surface area contributed by atoms with Gasteiger partial charge in [-0.2, -0.15) is 0 Å². The van der Waals surface area contributed by atoms with Crippen molar-refractivity contribution in [3.63, 3.8) is 0 Å². The van der Waals surface area contributed by atoms with Crippen molar-refractivity contribution in [2.75, 3.05) is 6.54 Å². The molecule has 0 unspecified atom stereocenters. The van der Waals surface area contributed by atoms with Crippen molar-refractivity contribution < 1.29 is 14.4 Å². The fourth-order valence-corrected chi connectivity index (χ4v) is 0.964. The highest BCUT2D eigenvalue weighted by Crippen LogP contribution is 2.14. The molecule has 0 aliphatic rings. The topological polar surface area (TPSA) is 88.5 Å². The summed E-state index contributed by atoms with van der Waals surface area (Å²) in [6, 6.07) is 2.84. The number of aliphatic hydroxyl groups is 1. The lowest BCUT2D eigenvalue weighted by atomic mass is 10.4. The first-order chi connectivity index (χ1) is 6.59. The minimum atomic E-state index is -0.585. The van der Waals surface area contributed by atoms with E-state index in [0.717, 1.165) is 0 Å². The minimum Gasteiger partial charge on any atom is -0.404 e. The molecule has 1 aromatic heterocycles. The first-order valence-corrected chi connectivity index (χ1v) is 4.21. The normalized spacial score (nSPS) is 12.7. The van der Waals surface area contributed by atoms with Crippen LogP contribution in [0.25, 0.3) is 0 Å². The average molecular weight is 200 g/mol. The van der Waals surface area contributed by atoms with Gasteiger partial charge in [-0.25, -0.2) is 0 Å². The van der Waals surface area contributed by atoms with Gasteiger partial charge in [-0.3, -0.25) is 10.1 Å². The van der Waals surface area contributed by atoms with Crippen molar-refractivity contribution in [3.05, 3.63) is 28.0 Å². The first-order valence-electron chi connectivity index (χ1n) is 4.21. The number of rotatable bonds is 5. The fraction of sp³-hybridized carbons (Fsp3) is 0.500. The molecule has 6 nitrogen and oxygen atoms in total. The molecule has 0 bridgehead atoms. The smallest absolute Gasteiger partial charge is 0.404 e. The van der Waals surface area contributed by atoms with E-state index in [2.05, 4.69) is 5.32 Å². The molecule has 14 heavy (non-hydrogen) atoms. The number of hydrogen-bond acceptors (Lipinski definition) is 5. The van der Waals surface area contributed by atoms with Crippen LogP contribution >= 0.6 is 0 Å². The highest BCUT2D eigenvalue weighted by Gasteiger charge is 2.11. The second-order valence-corrected chi connectivity index (χ2v) is 2.98. The van der Waals surface area contributed by atoms with E-state index < -0.39 is 11.0 Å². The van der Waals surface area contributed by atoms with Crippen molar-refractivity contribution in [1.82, 2.24) is 5.32 Å². The van der Waals surface area contributed by atoms with Crippen molar-refractivity contribution in [2.45, 2.75) is 19.6 Å². The second-order valence-electron chi connectivity index (χ2n) is 2.98. The molecule has 1 heterocycles. The van der Waals surface area contributed by atoms with Crippen LogP contribution in [0.2, 0.25) is 0 Å². The van der Waals surface area contributed by atoms with Gasteiger partial charge >= 0.3 is 5.88 Å². The van der Waals surface area contributed by atoms with Crippen LogP contribution in [0.15, 0.2) is 16.5 Å². The molecular formula is C8H12N2O4. The molecule has 0 saturated heterocycles. The number of nitrogens with one attached hydrogen (secondary N) is 1. The van der Waals surface area contributed by atoms with Crippen LogP contribution in [-0.2, 0) is 6.54 Å². The zero-order valence-electron chi connectivity index (χ0n) is 7.77. The molecule has 1 aromatic rings. The average Bonchev–Trinajstić information content (AvgIpc) is 2.52. The molecule has 6 heteroatoms. The third-order valence-corrected chi connectivity index (χ3v) is 1.57. The van der Waals surface area contributed by atoms with Gasteiger partial charge in [0.25, 0.3) is 0 Å². The summed E-state index contributed by atoms with van der Waals surface area (Å²) in [6.07, 6.45) is -0.444. The number of furan rings is 1. The fourth-order valence-electron chi connectivity index (χ4n) is 0.964. The van der Waals surface area contributed by atoms with Gasteiger partial charge in [-0.1, -0.05) is 0 Å². The molecule has 0 spiro atoms. The van der Waals surface area contributed by atoms with Crippen LogP contribution in [-0.4, -0.2) is 22.7 Å². The Bertz CT molecular complexity index is 308. The zero-order chi connectivity index (χ0) is 10.6. The highest BCUT2D eigenvalue weighted by atomic mass is 16.6. The van der Waals surface area contributed by atoms with Gasteiger partial charge in [0.1, 0.15) is 10.7 Å². The number of nitro groups is 1. The summed E-state index contributed by atoms with van der Waals surface area (Å²) in [7, 11) is 0. The number of aliphatic hydroxyl groups excluding tert-OH is 1. The largest absolute Gasteiger partial charge is 0.433 e. The van der Waals surface area contributed by atoms with E-state index in [-0.39, 0.29) is 5.88 Å². The summed E-state index contributed by atoms with van der Waals surface area (Å²) in [4.78, 5) is 9.66. The van der Waals surface area contributed by atoms with Gasteiger partial charge in [-0.05, 0) is 13.0 Å². The van der Waals surface area contributed by atoms with Crippen molar-refractivity contribution in [1.29, 1.82) is 0 Å². The van der Waals surface area contributed by atoms with E-state index in [0.29, 0.717) is 18.8 Å². The zero-order valence-corrected chi connectivity index (χ0v) is 7.77. The van der Waals surface area contributed by atoms with Crippen LogP contribution in [0, 0.1) is 10.1 Å². The molecule has 1 atom stereocenters. The van der Waals surface area contributed by atoms with Crippen molar-refractivity contribution >= 4 is 5.88 Å². The van der Waals surface area contributed by atoms with E-state index in [4.69, 9.17) is 9.52 Å². The lowest BCUT2D eigenvalue weighted by molar-refractivity contribution is -0.402. The Morgan fingerprint density at radius 1 is 1.71 bits per heavy atom. The third-order valence-electron chi connectivity index (χ3n) is 1.57. The molecule has 1 rings (SSSR count). The highest BCUT2D eigenvalue weighted by molar-refractivity contribution is 5.17. The first kappa shape index (κ1) is 10.7. The Morgan fingerprint density at radius 2 is 2.43 bits per heavy atom. The molecule has 78 valence electrons. The van der Waals surface area contributed by atoms with Gasteiger partial charge in [-0.15, -0.1) is 0 Å². The minimum absolute atomic E-state index is 0.265. The van der Waals surface area contributed by atoms with Gasteiger partial charge in [0.15, 0.2) is 0 Å². The Hall–Kier alpha value is -1.40. The third kappa shape index (κ3) is 3.15. The van der Waals surface area contributed by atoms with E-state index >= 15 is 0 Å². The summed E-state index contributed by atoms with van der Waals surface area (Å²) >= 11 is 0. The predicted octanol–water partition coefficient (Wildman–Crippen LogP) is 0.658. The van der Waals surface area contributed by atoms with Crippen LogP contribution < -0.4 is 5.32 Å². The lowest BCUT2D eigenvalue weighted by Crippen LogP contribution is -2.23. The van der Waals surface area contributed by atoms with Gasteiger partial charge in [0.05, 0.1) is 18.7 Å². The summed E-state index contributed by atoms with van der Waals surface area (Å²) in [6.45, 7) is 2.45. The Balaban J connectivity index is 2.40. The molecule has 0 amide bonds. The molecule has 0 radical (unpaired) electrons. The van der Waals surface area contributed by atoms with E-state index in [9.17, 15) is 10.1 Å². The summed E-state index contributed by atoms with van der Waals surface area (Å²) < 4.78 is 4.88. The quantitative estimate of drug-likeness (QED) is 0.538. The lowest BCUT2D eigenvalue weighted by Gasteiger charge is -2.03. The monoisotopic (exact) mass is 200 g/mol. The van der Waals surface area contributed by atoms with Gasteiger partial charge in [0, 0.05) is 6.54 Å². The van der Waals surface area contributed by atoms with Gasteiger partial charge in [0.2, 0.25) is 0 Å². The Kier molecular flexibility index (Phi) is 3.61. The standard InChI is InChI=1S/C8H12N2O4/c1-6(11)4-9-5-7-2-3-8(14-7)10(12)13/h2-3,6,9,11H,4-5H2,1H3/t6-/m1/s1. The number of hydrogen-bond donors (Lipinski definition) is 2. The van der Waals surface area contributed by atoms with E-state index in [1.807, 2.05) is 0 Å². The van der Waals surface area contributed by atoms with Crippen LogP contribution in [0.3, 0.4) is 0 Å². The molecule has 0 aromatic carbocycles. The summed E-state index contributed by atoms with van der Waals surface area (Å²) in [5, 5.41) is 22.1. The van der Waals surface area contributed by atoms with Gasteiger partial charge < -0.3 is 14.8 Å². The maximum Gasteiger partial charge on any atom is 0.433 e. The summed E-state index contributed by atoms with van der Waals surface area (Å²) in [5.41, 5.74) is 0. The molecule has 2 N–H and O–H groups in total. The molecule has 0 fully saturated rings. The Morgan fingerprint density at radius 3 is 2.93 bits per heavy atom. The molecule has 0 saturated carbocycles. The van der Waals surface area contributed by atoms with Crippen molar-refractivity contribution in [2.24, 2.45) is 0 Å². The second kappa shape index (κ2) is 4.73. The predicted molar refractivity (Wildman–Crippen MR) is 48.7 cm³/mol. The summed E-state index contributed by atoms with van der Waals surface area (Å²) in [5.74, 6) is 0.219. The van der Waals surface area contributed by atoms with E-state index in [1.54, 1.807) is 6.92 Å². The van der Waals surface area contributed by atoms with Crippen LogP contribution in [0.1, 0.15) is 12.7 Å². The maximum absolute atomic E-state index is 10.2. The molecule has 0 aliphatic heterocycles. The Labute approximate surface area is 80.7 Å². The van der Waals surface area contributed by atoms with Crippen LogP contribution in [0.4, 0.5) is 5.88 Å². The van der Waals surface area contributed by atoms with E-state index in [1.165, 1.54) is 12.1 Å².